The van der Waals surface area contributed by atoms with E-state index in [-0.39, 0.29) is 15.5 Å². The molecule has 0 atom stereocenters. The molecule has 1 aliphatic rings. The quantitative estimate of drug-likeness (QED) is 0.505. The van der Waals surface area contributed by atoms with E-state index in [9.17, 15) is 13.2 Å². The van der Waals surface area contributed by atoms with Crippen LogP contribution in [0, 0.1) is 0 Å². The third kappa shape index (κ3) is 5.64. The molecule has 1 saturated heterocycles. The van der Waals surface area contributed by atoms with Gasteiger partial charge in [0.25, 0.3) is 5.91 Å². The predicted molar refractivity (Wildman–Crippen MR) is 124 cm³/mol. The van der Waals surface area contributed by atoms with Crippen molar-refractivity contribution in [3.8, 4) is 0 Å². The molecular weight excluding hydrogens is 487 g/mol. The fourth-order valence-electron chi connectivity index (χ4n) is 3.09. The molecule has 162 valence electrons. The number of rotatable bonds is 8. The van der Waals surface area contributed by atoms with Crippen molar-refractivity contribution in [2.24, 2.45) is 0 Å². The summed E-state index contributed by atoms with van der Waals surface area (Å²) >= 11 is 20.0. The molecule has 30 heavy (non-hydrogen) atoms. The molecule has 0 saturated carbocycles. The Morgan fingerprint density at radius 1 is 1.03 bits per heavy atom. The minimum absolute atomic E-state index is 0.0849. The Labute approximate surface area is 196 Å². The van der Waals surface area contributed by atoms with Crippen LogP contribution in [-0.2, 0) is 15.8 Å². The first-order valence-electron chi connectivity index (χ1n) is 9.39. The Hall–Kier alpha value is -0.960. The number of carbonyl (C=O) groups excluding carboxylic acids is 1. The molecule has 0 spiro atoms. The number of benzene rings is 2. The first-order chi connectivity index (χ1) is 14.3. The Morgan fingerprint density at radius 2 is 1.70 bits per heavy atom. The van der Waals surface area contributed by atoms with Gasteiger partial charge in [-0.3, -0.25) is 4.79 Å². The second-order valence-corrected chi connectivity index (χ2v) is 11.0. The van der Waals surface area contributed by atoms with Crippen LogP contribution in [0.2, 0.25) is 15.1 Å². The first kappa shape index (κ1) is 23.7. The number of halogens is 3. The van der Waals surface area contributed by atoms with Crippen molar-refractivity contribution in [2.75, 3.05) is 25.4 Å². The fraction of sp³-hybridized carbons (Fsp3) is 0.350. The van der Waals surface area contributed by atoms with Crippen LogP contribution in [0.25, 0.3) is 0 Å². The Balaban J connectivity index is 1.57. The lowest BCUT2D eigenvalue weighted by Gasteiger charge is -2.16. The number of amides is 1. The van der Waals surface area contributed by atoms with Crippen LogP contribution in [-0.4, -0.2) is 44.0 Å². The minimum atomic E-state index is -3.61. The number of thioether (sulfide) groups is 1. The molecule has 2 aromatic carbocycles. The molecule has 1 N–H and O–H groups in total. The average molecular weight is 508 g/mol. The highest BCUT2D eigenvalue weighted by atomic mass is 35.5. The summed E-state index contributed by atoms with van der Waals surface area (Å²) in [6, 6.07) is 9.61. The van der Waals surface area contributed by atoms with Crippen molar-refractivity contribution in [3.63, 3.8) is 0 Å². The number of nitrogens with one attached hydrogen (secondary N) is 1. The molecule has 2 aromatic rings. The lowest BCUT2D eigenvalue weighted by molar-refractivity contribution is 0.0956. The Kier molecular flexibility index (Phi) is 8.35. The maximum Gasteiger partial charge on any atom is 0.252 e. The second-order valence-electron chi connectivity index (χ2n) is 6.76. The van der Waals surface area contributed by atoms with Gasteiger partial charge in [-0.05, 0) is 48.7 Å². The summed E-state index contributed by atoms with van der Waals surface area (Å²) in [5.41, 5.74) is 1.01. The van der Waals surface area contributed by atoms with Gasteiger partial charge in [0.1, 0.15) is 0 Å². The fourth-order valence-corrected chi connectivity index (χ4v) is 6.44. The van der Waals surface area contributed by atoms with E-state index in [1.165, 1.54) is 22.5 Å². The summed E-state index contributed by atoms with van der Waals surface area (Å²) in [5, 5.41) is 4.22. The Bertz CT molecular complexity index is 1010. The highest BCUT2D eigenvalue weighted by Gasteiger charge is 2.28. The van der Waals surface area contributed by atoms with Gasteiger partial charge in [-0.2, -0.15) is 16.1 Å². The molecule has 0 aliphatic carbocycles. The van der Waals surface area contributed by atoms with Gasteiger partial charge in [0, 0.05) is 41.2 Å². The minimum Gasteiger partial charge on any atom is -0.351 e. The highest BCUT2D eigenvalue weighted by molar-refractivity contribution is 7.98. The van der Waals surface area contributed by atoms with Gasteiger partial charge in [0.05, 0.1) is 15.5 Å². The van der Waals surface area contributed by atoms with E-state index in [2.05, 4.69) is 5.32 Å². The van der Waals surface area contributed by atoms with Crippen LogP contribution >= 0.6 is 46.6 Å². The van der Waals surface area contributed by atoms with Gasteiger partial charge < -0.3 is 5.32 Å². The van der Waals surface area contributed by atoms with Crippen LogP contribution in [0.4, 0.5) is 0 Å². The molecule has 1 amide bonds. The molecule has 0 aromatic heterocycles. The third-order valence-electron chi connectivity index (χ3n) is 4.73. The van der Waals surface area contributed by atoms with Crippen molar-refractivity contribution in [1.29, 1.82) is 0 Å². The number of hydrogen-bond donors (Lipinski definition) is 1. The summed E-state index contributed by atoms with van der Waals surface area (Å²) in [6.45, 7) is 1.39. The zero-order valence-corrected chi connectivity index (χ0v) is 19.9. The van der Waals surface area contributed by atoms with Gasteiger partial charge in [-0.25, -0.2) is 8.42 Å². The van der Waals surface area contributed by atoms with Crippen molar-refractivity contribution in [3.05, 3.63) is 62.6 Å². The predicted octanol–water partition coefficient (Wildman–Crippen LogP) is 5.09. The van der Waals surface area contributed by atoms with E-state index in [1.807, 2.05) is 0 Å². The summed E-state index contributed by atoms with van der Waals surface area (Å²) in [5.74, 6) is 0.852. The SMILES string of the molecule is O=C(NCCSCc1c(Cl)cccc1Cl)c1cc(S(=O)(=O)N2CCCC2)ccc1Cl. The standard InChI is InChI=1S/C20H21Cl3N2O3S2/c21-17-4-3-5-18(22)16(17)13-29-11-8-24-20(26)15-12-14(6-7-19(15)23)30(27,28)25-9-1-2-10-25/h3-7,12H,1-2,8-11,13H2,(H,24,26). The van der Waals surface area contributed by atoms with Crippen molar-refractivity contribution in [1.82, 2.24) is 9.62 Å². The van der Waals surface area contributed by atoms with E-state index >= 15 is 0 Å². The maximum atomic E-state index is 12.7. The molecule has 10 heteroatoms. The van der Waals surface area contributed by atoms with Crippen molar-refractivity contribution in [2.45, 2.75) is 23.5 Å². The summed E-state index contributed by atoms with van der Waals surface area (Å²) < 4.78 is 26.9. The van der Waals surface area contributed by atoms with E-state index < -0.39 is 15.9 Å². The van der Waals surface area contributed by atoms with E-state index in [4.69, 9.17) is 34.8 Å². The van der Waals surface area contributed by atoms with Gasteiger partial charge in [-0.1, -0.05) is 40.9 Å². The maximum absolute atomic E-state index is 12.7. The topological polar surface area (TPSA) is 66.5 Å². The smallest absolute Gasteiger partial charge is 0.252 e. The number of nitrogens with zero attached hydrogens (tertiary/aromatic N) is 1. The lowest BCUT2D eigenvalue weighted by Crippen LogP contribution is -2.29. The van der Waals surface area contributed by atoms with Crippen molar-refractivity contribution >= 4 is 62.5 Å². The normalized spacial score (nSPS) is 14.8. The van der Waals surface area contributed by atoms with Gasteiger partial charge in [0.15, 0.2) is 0 Å². The van der Waals surface area contributed by atoms with Gasteiger partial charge >= 0.3 is 0 Å². The molecule has 1 fully saturated rings. The molecule has 1 heterocycles. The van der Waals surface area contributed by atoms with Crippen LogP contribution < -0.4 is 5.32 Å². The van der Waals surface area contributed by atoms with Gasteiger partial charge in [0.2, 0.25) is 10.0 Å². The summed E-state index contributed by atoms with van der Waals surface area (Å²) in [7, 11) is -3.61. The van der Waals surface area contributed by atoms with E-state index in [0.717, 1.165) is 18.4 Å². The van der Waals surface area contributed by atoms with Crippen LogP contribution in [0.5, 0.6) is 0 Å². The third-order valence-corrected chi connectivity index (χ3v) is 8.64. The highest BCUT2D eigenvalue weighted by Crippen LogP contribution is 2.28. The lowest BCUT2D eigenvalue weighted by atomic mass is 10.2. The molecule has 3 rings (SSSR count). The summed E-state index contributed by atoms with van der Waals surface area (Å²) in [4.78, 5) is 12.6. The summed E-state index contributed by atoms with van der Waals surface area (Å²) in [6.07, 6.45) is 1.69. The molecular formula is C20H21Cl3N2O3S2. The average Bonchev–Trinajstić information content (AvgIpc) is 3.25. The molecule has 5 nitrogen and oxygen atoms in total. The number of hydrogen-bond acceptors (Lipinski definition) is 4. The van der Waals surface area contributed by atoms with Crippen molar-refractivity contribution < 1.29 is 13.2 Å². The number of sulfonamides is 1. The van der Waals surface area contributed by atoms with Crippen LogP contribution in [0.15, 0.2) is 41.3 Å². The zero-order valence-electron chi connectivity index (χ0n) is 16.0. The van der Waals surface area contributed by atoms with Crippen LogP contribution in [0.3, 0.4) is 0 Å². The molecule has 0 bridgehead atoms. The van der Waals surface area contributed by atoms with Gasteiger partial charge in [-0.15, -0.1) is 0 Å². The van der Waals surface area contributed by atoms with E-state index in [1.54, 1.807) is 30.0 Å². The largest absolute Gasteiger partial charge is 0.351 e. The Morgan fingerprint density at radius 3 is 2.37 bits per heavy atom. The second kappa shape index (κ2) is 10.6. The molecule has 1 aliphatic heterocycles. The van der Waals surface area contributed by atoms with E-state index in [0.29, 0.717) is 41.2 Å². The van der Waals surface area contributed by atoms with Crippen LogP contribution in [0.1, 0.15) is 28.8 Å². The molecule has 0 radical (unpaired) electrons. The molecule has 0 unspecified atom stereocenters. The first-order valence-corrected chi connectivity index (χ1v) is 13.1. The monoisotopic (exact) mass is 506 g/mol. The number of carbonyl (C=O) groups is 1. The zero-order chi connectivity index (χ0) is 21.7.